The molecule has 4 heterocycles. The van der Waals surface area contributed by atoms with Crippen LogP contribution in [0.15, 0.2) is 53.6 Å². The van der Waals surface area contributed by atoms with Crippen molar-refractivity contribution in [1.29, 1.82) is 0 Å². The lowest BCUT2D eigenvalue weighted by Crippen LogP contribution is -2.02. The molecule has 0 spiro atoms. The van der Waals surface area contributed by atoms with Gasteiger partial charge in [-0.1, -0.05) is 0 Å². The second kappa shape index (κ2) is 8.13. The molecule has 0 atom stereocenters. The number of H-pyrrole nitrogens is 1. The molecule has 4 rings (SSSR count). The predicted molar refractivity (Wildman–Crippen MR) is 102 cm³/mol. The van der Waals surface area contributed by atoms with Gasteiger partial charge in [-0.05, 0) is 12.1 Å². The van der Waals surface area contributed by atoms with Crippen molar-refractivity contribution in [2.45, 2.75) is 0 Å². The van der Waals surface area contributed by atoms with Crippen molar-refractivity contribution in [3.05, 3.63) is 59.1 Å². The highest BCUT2D eigenvalue weighted by Gasteiger charge is 2.01. The lowest BCUT2D eigenvalue weighted by molar-refractivity contribution is 0.399. The Hall–Kier alpha value is -3.68. The van der Waals surface area contributed by atoms with Crippen LogP contribution < -0.4 is 19.8 Å². The summed E-state index contributed by atoms with van der Waals surface area (Å²) in [5, 5.41) is 0. The summed E-state index contributed by atoms with van der Waals surface area (Å²) in [6.07, 6.45) is 3.27. The zero-order chi connectivity index (χ0) is 19.2. The first-order valence-corrected chi connectivity index (χ1v) is 8.01. The fourth-order valence-electron chi connectivity index (χ4n) is 2.32. The number of ether oxygens (including phenoxy) is 3. The average molecular weight is 366 g/mol. The Balaban J connectivity index is 0.000000156. The Morgan fingerprint density at radius 2 is 1.44 bits per heavy atom. The maximum absolute atomic E-state index is 11.0. The zero-order valence-electron chi connectivity index (χ0n) is 15.1. The number of nitrogens with one attached hydrogen (secondary N) is 1. The van der Waals surface area contributed by atoms with Crippen LogP contribution in [0, 0.1) is 0 Å². The lowest BCUT2D eigenvalue weighted by atomic mass is 10.3. The molecule has 0 aliphatic carbocycles. The number of hydrogen-bond donors (Lipinski definition) is 1. The number of fused-ring (bicyclic) bond motifs is 2. The van der Waals surface area contributed by atoms with Crippen LogP contribution in [0.2, 0.25) is 0 Å². The van der Waals surface area contributed by atoms with Crippen LogP contribution in [-0.2, 0) is 0 Å². The molecule has 0 fully saturated rings. The summed E-state index contributed by atoms with van der Waals surface area (Å²) in [6.45, 7) is 0. The molecule has 8 heteroatoms. The van der Waals surface area contributed by atoms with E-state index < -0.39 is 0 Å². The third-order valence-electron chi connectivity index (χ3n) is 3.71. The molecule has 138 valence electrons. The molecule has 8 nitrogen and oxygen atoms in total. The highest BCUT2D eigenvalue weighted by atomic mass is 16.5. The minimum atomic E-state index is -0.137. The van der Waals surface area contributed by atoms with Crippen LogP contribution >= 0.6 is 0 Å². The van der Waals surface area contributed by atoms with Crippen LogP contribution in [0.5, 0.6) is 17.4 Å². The van der Waals surface area contributed by atoms with Crippen LogP contribution in [-0.4, -0.2) is 41.3 Å². The van der Waals surface area contributed by atoms with Crippen LogP contribution in [0.1, 0.15) is 0 Å². The highest BCUT2D eigenvalue weighted by Crippen LogP contribution is 2.18. The second-order valence-electron chi connectivity index (χ2n) is 5.40. The van der Waals surface area contributed by atoms with E-state index in [-0.39, 0.29) is 5.56 Å². The zero-order valence-corrected chi connectivity index (χ0v) is 15.1. The van der Waals surface area contributed by atoms with E-state index in [1.54, 1.807) is 51.9 Å². The van der Waals surface area contributed by atoms with Gasteiger partial charge in [-0.2, -0.15) is 0 Å². The number of nitrogens with zero attached hydrogens (tertiary/aromatic N) is 3. The summed E-state index contributed by atoms with van der Waals surface area (Å²) in [5.41, 5.74) is 2.89. The average Bonchev–Trinajstić information content (AvgIpc) is 2.72. The molecule has 1 N–H and O–H groups in total. The van der Waals surface area contributed by atoms with Gasteiger partial charge in [-0.25, -0.2) is 4.98 Å². The van der Waals surface area contributed by atoms with Gasteiger partial charge in [0.25, 0.3) is 0 Å². The van der Waals surface area contributed by atoms with E-state index in [4.69, 9.17) is 14.2 Å². The number of aromatic amines is 1. The SMILES string of the molecule is COc1cnc2ccc(=O)[nH]c2c1.COc1cnc2ccc(OC)nc2c1. The topological polar surface area (TPSA) is 99.2 Å². The van der Waals surface area contributed by atoms with Crippen molar-refractivity contribution in [3.8, 4) is 17.4 Å². The van der Waals surface area contributed by atoms with E-state index in [0.29, 0.717) is 22.9 Å². The summed E-state index contributed by atoms with van der Waals surface area (Å²) in [6, 6.07) is 10.3. The maximum atomic E-state index is 11.0. The summed E-state index contributed by atoms with van der Waals surface area (Å²) < 4.78 is 15.0. The van der Waals surface area contributed by atoms with Crippen molar-refractivity contribution in [2.24, 2.45) is 0 Å². The van der Waals surface area contributed by atoms with Crippen molar-refractivity contribution < 1.29 is 14.2 Å². The Morgan fingerprint density at radius 3 is 2.15 bits per heavy atom. The Bertz CT molecular complexity index is 1090. The quantitative estimate of drug-likeness (QED) is 0.595. The van der Waals surface area contributed by atoms with E-state index >= 15 is 0 Å². The third-order valence-corrected chi connectivity index (χ3v) is 3.71. The van der Waals surface area contributed by atoms with Gasteiger partial charge in [0.05, 0.1) is 55.8 Å². The molecule has 4 aromatic heterocycles. The first kappa shape index (κ1) is 18.1. The van der Waals surface area contributed by atoms with Gasteiger partial charge in [0.2, 0.25) is 11.4 Å². The largest absolute Gasteiger partial charge is 0.495 e. The molecular formula is C19H18N4O4. The monoisotopic (exact) mass is 366 g/mol. The summed E-state index contributed by atoms with van der Waals surface area (Å²) >= 11 is 0. The van der Waals surface area contributed by atoms with E-state index in [9.17, 15) is 4.79 Å². The molecule has 0 radical (unpaired) electrons. The predicted octanol–water partition coefficient (Wildman–Crippen LogP) is 2.58. The lowest BCUT2D eigenvalue weighted by Gasteiger charge is -2.02. The van der Waals surface area contributed by atoms with Gasteiger partial charge in [-0.15, -0.1) is 0 Å². The molecule has 0 saturated carbocycles. The Kier molecular flexibility index (Phi) is 5.46. The molecule has 0 aliphatic heterocycles. The van der Waals surface area contributed by atoms with Gasteiger partial charge in [0.1, 0.15) is 11.5 Å². The number of aromatic nitrogens is 4. The smallest absolute Gasteiger partial charge is 0.248 e. The summed E-state index contributed by atoms with van der Waals surface area (Å²) in [5.74, 6) is 1.90. The fourth-order valence-corrected chi connectivity index (χ4v) is 2.32. The Labute approximate surface area is 154 Å². The van der Waals surface area contributed by atoms with Crippen LogP contribution in [0.4, 0.5) is 0 Å². The third kappa shape index (κ3) is 4.30. The van der Waals surface area contributed by atoms with Crippen molar-refractivity contribution in [1.82, 2.24) is 19.9 Å². The number of hydrogen-bond acceptors (Lipinski definition) is 7. The van der Waals surface area contributed by atoms with E-state index in [2.05, 4.69) is 19.9 Å². The molecular weight excluding hydrogens is 348 g/mol. The molecule has 0 aromatic carbocycles. The Morgan fingerprint density at radius 1 is 0.778 bits per heavy atom. The first-order chi connectivity index (χ1) is 13.1. The molecule has 27 heavy (non-hydrogen) atoms. The van der Waals surface area contributed by atoms with Gasteiger partial charge >= 0.3 is 0 Å². The first-order valence-electron chi connectivity index (χ1n) is 8.01. The van der Waals surface area contributed by atoms with Gasteiger partial charge < -0.3 is 19.2 Å². The van der Waals surface area contributed by atoms with E-state index in [0.717, 1.165) is 16.6 Å². The standard InChI is InChI=1S/C10H10N2O2.C9H8N2O2/c1-13-7-5-9-8(11-6-7)3-4-10(12-9)14-2;1-13-6-4-8-7(10-5-6)2-3-9(12)11-8/h3-6H,1-2H3;2-5H,1H3,(H,11,12). The molecule has 0 saturated heterocycles. The number of rotatable bonds is 3. The van der Waals surface area contributed by atoms with Crippen molar-refractivity contribution in [3.63, 3.8) is 0 Å². The molecule has 0 unspecified atom stereocenters. The van der Waals surface area contributed by atoms with Gasteiger partial charge in [0, 0.05) is 24.3 Å². The van der Waals surface area contributed by atoms with Crippen molar-refractivity contribution in [2.75, 3.05) is 21.3 Å². The minimum Gasteiger partial charge on any atom is -0.495 e. The van der Waals surface area contributed by atoms with Crippen LogP contribution in [0.3, 0.4) is 0 Å². The van der Waals surface area contributed by atoms with Gasteiger partial charge in [0.15, 0.2) is 0 Å². The van der Waals surface area contributed by atoms with Gasteiger partial charge in [-0.3, -0.25) is 14.8 Å². The molecule has 0 aliphatic rings. The summed E-state index contributed by atoms with van der Waals surface area (Å²) in [7, 11) is 4.74. The number of methoxy groups -OCH3 is 3. The summed E-state index contributed by atoms with van der Waals surface area (Å²) in [4.78, 5) is 26.1. The molecule has 0 bridgehead atoms. The second-order valence-corrected chi connectivity index (χ2v) is 5.40. The van der Waals surface area contributed by atoms with E-state index in [1.807, 2.05) is 12.1 Å². The minimum absolute atomic E-state index is 0.137. The normalized spacial score (nSPS) is 10.2. The molecule has 0 amide bonds. The molecule has 4 aromatic rings. The fraction of sp³-hybridized carbons (Fsp3) is 0.158. The number of pyridine rings is 4. The maximum Gasteiger partial charge on any atom is 0.248 e. The van der Waals surface area contributed by atoms with Crippen molar-refractivity contribution >= 4 is 22.1 Å². The highest BCUT2D eigenvalue weighted by molar-refractivity contribution is 5.76. The van der Waals surface area contributed by atoms with Crippen LogP contribution in [0.25, 0.3) is 22.1 Å². The van der Waals surface area contributed by atoms with E-state index in [1.165, 1.54) is 6.07 Å².